The van der Waals surface area contributed by atoms with Crippen LogP contribution in [0, 0.1) is 11.3 Å². The van der Waals surface area contributed by atoms with E-state index < -0.39 is 5.54 Å². The van der Waals surface area contributed by atoms with Crippen LogP contribution in [0.1, 0.15) is 47.5 Å². The van der Waals surface area contributed by atoms with Gasteiger partial charge in [-0.3, -0.25) is 10.2 Å². The first-order chi connectivity index (χ1) is 8.79. The summed E-state index contributed by atoms with van der Waals surface area (Å²) in [4.78, 5) is 2.48. The van der Waals surface area contributed by atoms with Gasteiger partial charge in [-0.1, -0.05) is 0 Å². The Kier molecular flexibility index (Phi) is 5.79. The Morgan fingerprint density at radius 2 is 2.16 bits per heavy atom. The molecular formula is C15H29N3O. The molecular weight excluding hydrogens is 238 g/mol. The van der Waals surface area contributed by atoms with Gasteiger partial charge in [-0.25, -0.2) is 0 Å². The van der Waals surface area contributed by atoms with Crippen LogP contribution < -0.4 is 5.32 Å². The van der Waals surface area contributed by atoms with Crippen LogP contribution in [-0.2, 0) is 4.74 Å². The third kappa shape index (κ3) is 5.10. The molecule has 0 saturated carbocycles. The largest absolute Gasteiger partial charge is 0.378 e. The molecule has 1 rings (SSSR count). The van der Waals surface area contributed by atoms with Crippen molar-refractivity contribution in [1.29, 1.82) is 5.26 Å². The molecule has 0 amide bonds. The van der Waals surface area contributed by atoms with Crippen molar-refractivity contribution in [2.45, 2.75) is 64.6 Å². The highest BCUT2D eigenvalue weighted by atomic mass is 16.5. The second kappa shape index (κ2) is 6.69. The monoisotopic (exact) mass is 267 g/mol. The van der Waals surface area contributed by atoms with Crippen molar-refractivity contribution in [3.8, 4) is 6.07 Å². The maximum absolute atomic E-state index is 9.33. The van der Waals surface area contributed by atoms with E-state index in [4.69, 9.17) is 4.74 Å². The summed E-state index contributed by atoms with van der Waals surface area (Å²) < 4.78 is 5.53. The maximum Gasteiger partial charge on any atom is 0.104 e. The molecule has 1 saturated heterocycles. The lowest BCUT2D eigenvalue weighted by Gasteiger charge is -2.42. The molecule has 0 radical (unpaired) electrons. The van der Waals surface area contributed by atoms with E-state index in [1.807, 2.05) is 6.92 Å². The fourth-order valence-electron chi connectivity index (χ4n) is 2.73. The van der Waals surface area contributed by atoms with Gasteiger partial charge in [-0.2, -0.15) is 5.26 Å². The predicted molar refractivity (Wildman–Crippen MR) is 78.0 cm³/mol. The summed E-state index contributed by atoms with van der Waals surface area (Å²) >= 11 is 0. The van der Waals surface area contributed by atoms with Gasteiger partial charge in [0.25, 0.3) is 0 Å². The van der Waals surface area contributed by atoms with E-state index in [1.54, 1.807) is 0 Å². The normalized spacial score (nSPS) is 23.0. The van der Waals surface area contributed by atoms with E-state index in [9.17, 15) is 5.26 Å². The molecule has 1 fully saturated rings. The zero-order valence-electron chi connectivity index (χ0n) is 13.1. The van der Waals surface area contributed by atoms with Gasteiger partial charge in [-0.05, 0) is 54.0 Å². The third-order valence-electron chi connectivity index (χ3n) is 3.78. The third-order valence-corrected chi connectivity index (χ3v) is 3.78. The van der Waals surface area contributed by atoms with Gasteiger partial charge in [0.15, 0.2) is 0 Å². The zero-order valence-corrected chi connectivity index (χ0v) is 13.1. The minimum absolute atomic E-state index is 0.118. The molecule has 110 valence electrons. The lowest BCUT2D eigenvalue weighted by atomic mass is 9.95. The van der Waals surface area contributed by atoms with Crippen LogP contribution in [0.4, 0.5) is 0 Å². The van der Waals surface area contributed by atoms with Crippen LogP contribution in [0.3, 0.4) is 0 Å². The molecule has 1 aliphatic rings. The summed E-state index contributed by atoms with van der Waals surface area (Å²) in [5.74, 6) is 0. The number of ether oxygens (including phenoxy) is 1. The molecule has 1 unspecified atom stereocenters. The Hall–Kier alpha value is -0.630. The molecule has 0 aromatic carbocycles. The standard InChI is InChI=1S/C15H29N3O/c1-13(2)17-15(5,11-16)7-6-8-18-9-10-19-12-14(18,3)4/h13,17H,6-10,12H2,1-5H3. The predicted octanol–water partition coefficient (Wildman–Crippen LogP) is 2.16. The maximum atomic E-state index is 9.33. The molecule has 1 N–H and O–H groups in total. The number of hydrogen-bond donors (Lipinski definition) is 1. The second-order valence-electron chi connectivity index (χ2n) is 6.70. The van der Waals surface area contributed by atoms with E-state index in [2.05, 4.69) is 44.0 Å². The van der Waals surface area contributed by atoms with Gasteiger partial charge >= 0.3 is 0 Å². The van der Waals surface area contributed by atoms with Crippen molar-refractivity contribution in [2.75, 3.05) is 26.3 Å². The van der Waals surface area contributed by atoms with Crippen LogP contribution in [0.15, 0.2) is 0 Å². The molecule has 0 aromatic rings. The van der Waals surface area contributed by atoms with Crippen LogP contribution in [0.5, 0.6) is 0 Å². The van der Waals surface area contributed by atoms with E-state index in [-0.39, 0.29) is 5.54 Å². The summed E-state index contributed by atoms with van der Waals surface area (Å²) in [7, 11) is 0. The molecule has 1 heterocycles. The smallest absolute Gasteiger partial charge is 0.104 e. The molecule has 0 aromatic heterocycles. The molecule has 0 bridgehead atoms. The van der Waals surface area contributed by atoms with E-state index in [1.165, 1.54) is 0 Å². The van der Waals surface area contributed by atoms with Gasteiger partial charge in [-0.15, -0.1) is 0 Å². The summed E-state index contributed by atoms with van der Waals surface area (Å²) in [6.45, 7) is 14.3. The average molecular weight is 267 g/mol. The number of nitrogens with zero attached hydrogens (tertiary/aromatic N) is 2. The summed E-state index contributed by atoms with van der Waals surface area (Å²) in [6.07, 6.45) is 1.92. The van der Waals surface area contributed by atoms with E-state index >= 15 is 0 Å². The Balaban J connectivity index is 2.42. The minimum atomic E-state index is -0.412. The number of morpholine rings is 1. The molecule has 19 heavy (non-hydrogen) atoms. The highest BCUT2D eigenvalue weighted by molar-refractivity contribution is 5.04. The van der Waals surface area contributed by atoms with Crippen LogP contribution in [0.25, 0.3) is 0 Å². The van der Waals surface area contributed by atoms with Gasteiger partial charge in [0, 0.05) is 18.1 Å². The zero-order chi connectivity index (χ0) is 14.5. The first-order valence-electron chi connectivity index (χ1n) is 7.31. The lowest BCUT2D eigenvalue weighted by molar-refractivity contribution is -0.0517. The minimum Gasteiger partial charge on any atom is -0.378 e. The number of nitrogens with one attached hydrogen (secondary N) is 1. The highest BCUT2D eigenvalue weighted by Crippen LogP contribution is 2.21. The van der Waals surface area contributed by atoms with Crippen molar-refractivity contribution in [2.24, 2.45) is 0 Å². The van der Waals surface area contributed by atoms with Crippen LogP contribution >= 0.6 is 0 Å². The van der Waals surface area contributed by atoms with E-state index in [0.717, 1.165) is 39.1 Å². The summed E-state index contributed by atoms with van der Waals surface area (Å²) in [6, 6.07) is 2.75. The van der Waals surface area contributed by atoms with Crippen LogP contribution in [-0.4, -0.2) is 48.3 Å². The second-order valence-corrected chi connectivity index (χ2v) is 6.70. The lowest BCUT2D eigenvalue weighted by Crippen LogP contribution is -2.53. The Bertz CT molecular complexity index is 322. The number of rotatable bonds is 6. The highest BCUT2D eigenvalue weighted by Gasteiger charge is 2.31. The molecule has 4 nitrogen and oxygen atoms in total. The van der Waals surface area contributed by atoms with E-state index in [0.29, 0.717) is 6.04 Å². The molecule has 4 heteroatoms. The van der Waals surface area contributed by atoms with Crippen molar-refractivity contribution in [3.63, 3.8) is 0 Å². The van der Waals surface area contributed by atoms with Crippen molar-refractivity contribution >= 4 is 0 Å². The summed E-state index contributed by atoms with van der Waals surface area (Å²) in [5, 5.41) is 12.7. The van der Waals surface area contributed by atoms with Crippen molar-refractivity contribution in [3.05, 3.63) is 0 Å². The summed E-state index contributed by atoms with van der Waals surface area (Å²) in [5.41, 5.74) is -0.294. The van der Waals surface area contributed by atoms with Gasteiger partial charge in [0.1, 0.15) is 5.54 Å². The quantitative estimate of drug-likeness (QED) is 0.801. The Morgan fingerprint density at radius 3 is 2.68 bits per heavy atom. The topological polar surface area (TPSA) is 48.3 Å². The van der Waals surface area contributed by atoms with Gasteiger partial charge in [0.05, 0.1) is 19.3 Å². The number of hydrogen-bond acceptors (Lipinski definition) is 4. The van der Waals surface area contributed by atoms with Crippen molar-refractivity contribution in [1.82, 2.24) is 10.2 Å². The average Bonchev–Trinajstić information content (AvgIpc) is 2.30. The first-order valence-corrected chi connectivity index (χ1v) is 7.31. The molecule has 1 aliphatic heterocycles. The van der Waals surface area contributed by atoms with Crippen LogP contribution in [0.2, 0.25) is 0 Å². The SMILES string of the molecule is CC(C)NC(C)(C#N)CCCN1CCOCC1(C)C. The van der Waals surface area contributed by atoms with Gasteiger partial charge in [0.2, 0.25) is 0 Å². The van der Waals surface area contributed by atoms with Crippen molar-refractivity contribution < 1.29 is 4.74 Å². The van der Waals surface area contributed by atoms with Gasteiger partial charge < -0.3 is 4.74 Å². The molecule has 0 spiro atoms. The Morgan fingerprint density at radius 1 is 1.47 bits per heavy atom. The fourth-order valence-corrected chi connectivity index (χ4v) is 2.73. The molecule has 0 aliphatic carbocycles. The Labute approximate surface area is 118 Å². The fraction of sp³-hybridized carbons (Fsp3) is 0.933. The molecule has 1 atom stereocenters. The first kappa shape index (κ1) is 16.4. The number of nitriles is 1.